The Morgan fingerprint density at radius 1 is 1.71 bits per heavy atom. The Morgan fingerprint density at radius 2 is 2.35 bits per heavy atom. The lowest BCUT2D eigenvalue weighted by molar-refractivity contribution is 0.270. The molecule has 1 unspecified atom stereocenters. The highest BCUT2D eigenvalue weighted by atomic mass is 35.5. The number of aliphatic hydroxyl groups is 1. The Labute approximate surface area is 104 Å². The van der Waals surface area contributed by atoms with Gasteiger partial charge in [0.1, 0.15) is 5.82 Å². The van der Waals surface area contributed by atoms with E-state index in [4.69, 9.17) is 27.6 Å². The number of aromatic nitrogens is 1. The number of nitrogens with zero attached hydrogens (tertiary/aromatic N) is 3. The molecular weight excluding hydrogens is 244 g/mol. The standard InChI is InChI=1S/C10H15ClN4O2/c1-6(5-16)15(2)10-8(11)7(3-4-13-10)9(12)14-17/h3-4,6,16-17H,5H2,1-2H3,(H2,12,14). The average molecular weight is 259 g/mol. The highest BCUT2D eigenvalue weighted by molar-refractivity contribution is 6.36. The molecule has 0 aliphatic heterocycles. The van der Waals surface area contributed by atoms with Crippen LogP contribution in [0.3, 0.4) is 0 Å². The second kappa shape index (κ2) is 5.70. The predicted molar refractivity (Wildman–Crippen MR) is 66.7 cm³/mol. The van der Waals surface area contributed by atoms with E-state index in [-0.39, 0.29) is 23.5 Å². The van der Waals surface area contributed by atoms with Crippen molar-refractivity contribution in [1.29, 1.82) is 0 Å². The maximum atomic E-state index is 9.08. The topological polar surface area (TPSA) is 95.0 Å². The van der Waals surface area contributed by atoms with Crippen LogP contribution in [0, 0.1) is 0 Å². The lowest BCUT2D eigenvalue weighted by atomic mass is 10.2. The second-order valence-corrected chi connectivity index (χ2v) is 4.00. The van der Waals surface area contributed by atoms with Crippen molar-refractivity contribution in [1.82, 2.24) is 4.98 Å². The van der Waals surface area contributed by atoms with Gasteiger partial charge in [-0.25, -0.2) is 4.98 Å². The largest absolute Gasteiger partial charge is 0.409 e. The summed E-state index contributed by atoms with van der Waals surface area (Å²) >= 11 is 6.12. The van der Waals surface area contributed by atoms with Crippen LogP contribution in [-0.4, -0.2) is 40.8 Å². The van der Waals surface area contributed by atoms with Gasteiger partial charge in [0.15, 0.2) is 5.84 Å². The molecule has 4 N–H and O–H groups in total. The van der Waals surface area contributed by atoms with E-state index in [1.807, 2.05) is 6.92 Å². The summed E-state index contributed by atoms with van der Waals surface area (Å²) in [4.78, 5) is 5.83. The van der Waals surface area contributed by atoms with E-state index in [9.17, 15) is 0 Å². The zero-order valence-corrected chi connectivity index (χ0v) is 10.4. The molecular formula is C10H15ClN4O2. The van der Waals surface area contributed by atoms with Crippen molar-refractivity contribution in [3.63, 3.8) is 0 Å². The Kier molecular flexibility index (Phi) is 4.53. The molecule has 7 heteroatoms. The van der Waals surface area contributed by atoms with Gasteiger partial charge < -0.3 is 20.9 Å². The van der Waals surface area contributed by atoms with Gasteiger partial charge in [-0.3, -0.25) is 0 Å². The molecule has 0 aromatic carbocycles. The normalized spacial score (nSPS) is 13.5. The first-order chi connectivity index (χ1) is 8.02. The van der Waals surface area contributed by atoms with Gasteiger partial charge in [-0.15, -0.1) is 0 Å². The fraction of sp³-hybridized carbons (Fsp3) is 0.400. The number of nitrogens with two attached hydrogens (primary N) is 1. The van der Waals surface area contributed by atoms with Crippen LogP contribution in [0.25, 0.3) is 0 Å². The molecule has 1 aromatic heterocycles. The Morgan fingerprint density at radius 3 is 2.88 bits per heavy atom. The van der Waals surface area contributed by atoms with Crippen molar-refractivity contribution in [3.05, 3.63) is 22.8 Å². The second-order valence-electron chi connectivity index (χ2n) is 3.62. The van der Waals surface area contributed by atoms with E-state index in [2.05, 4.69) is 10.1 Å². The van der Waals surface area contributed by atoms with E-state index in [1.165, 1.54) is 6.20 Å². The van der Waals surface area contributed by atoms with Gasteiger partial charge in [-0.05, 0) is 13.0 Å². The number of pyridine rings is 1. The molecule has 1 aromatic rings. The zero-order valence-electron chi connectivity index (χ0n) is 9.63. The number of hydrogen-bond acceptors (Lipinski definition) is 5. The number of anilines is 1. The summed E-state index contributed by atoms with van der Waals surface area (Å²) in [5, 5.41) is 20.9. The number of halogens is 1. The molecule has 0 aliphatic carbocycles. The minimum absolute atomic E-state index is 0.0255. The van der Waals surface area contributed by atoms with Crippen LogP contribution in [-0.2, 0) is 0 Å². The van der Waals surface area contributed by atoms with Gasteiger partial charge in [0.2, 0.25) is 0 Å². The summed E-state index contributed by atoms with van der Waals surface area (Å²) in [6.45, 7) is 1.80. The van der Waals surface area contributed by atoms with Crippen LogP contribution in [0.5, 0.6) is 0 Å². The molecule has 17 heavy (non-hydrogen) atoms. The average Bonchev–Trinajstić information content (AvgIpc) is 2.36. The number of aliphatic hydroxyl groups excluding tert-OH is 1. The van der Waals surface area contributed by atoms with Crippen molar-refractivity contribution >= 4 is 23.3 Å². The van der Waals surface area contributed by atoms with Gasteiger partial charge >= 0.3 is 0 Å². The van der Waals surface area contributed by atoms with Crippen LogP contribution >= 0.6 is 11.6 Å². The lowest BCUT2D eigenvalue weighted by Gasteiger charge is -2.25. The van der Waals surface area contributed by atoms with Gasteiger partial charge in [-0.2, -0.15) is 0 Å². The summed E-state index contributed by atoms with van der Waals surface area (Å²) in [6.07, 6.45) is 1.51. The van der Waals surface area contributed by atoms with Crippen LogP contribution in [0.1, 0.15) is 12.5 Å². The lowest BCUT2D eigenvalue weighted by Crippen LogP contribution is -2.33. The Bertz CT molecular complexity index is 425. The SMILES string of the molecule is CC(CO)N(C)c1nccc(/C(N)=N/O)c1Cl. The van der Waals surface area contributed by atoms with E-state index >= 15 is 0 Å². The third kappa shape index (κ3) is 2.78. The van der Waals surface area contributed by atoms with E-state index in [1.54, 1.807) is 18.0 Å². The van der Waals surface area contributed by atoms with Gasteiger partial charge in [-0.1, -0.05) is 16.8 Å². The van der Waals surface area contributed by atoms with E-state index in [0.29, 0.717) is 11.4 Å². The van der Waals surface area contributed by atoms with Crippen molar-refractivity contribution in [2.45, 2.75) is 13.0 Å². The molecule has 0 fully saturated rings. The number of rotatable bonds is 4. The maximum absolute atomic E-state index is 9.08. The molecule has 0 radical (unpaired) electrons. The van der Waals surface area contributed by atoms with Gasteiger partial charge in [0.05, 0.1) is 17.7 Å². The Balaban J connectivity index is 3.19. The maximum Gasteiger partial charge on any atom is 0.171 e. The van der Waals surface area contributed by atoms with Crippen LogP contribution in [0.4, 0.5) is 5.82 Å². The van der Waals surface area contributed by atoms with Gasteiger partial charge in [0.25, 0.3) is 0 Å². The quantitative estimate of drug-likeness (QED) is 0.319. The number of amidine groups is 1. The highest BCUT2D eigenvalue weighted by Crippen LogP contribution is 2.27. The summed E-state index contributed by atoms with van der Waals surface area (Å²) in [5.41, 5.74) is 5.89. The summed E-state index contributed by atoms with van der Waals surface area (Å²) < 4.78 is 0. The summed E-state index contributed by atoms with van der Waals surface area (Å²) in [7, 11) is 1.76. The molecule has 94 valence electrons. The van der Waals surface area contributed by atoms with Crippen molar-refractivity contribution < 1.29 is 10.3 Å². The first kappa shape index (κ1) is 13.5. The third-order valence-corrected chi connectivity index (χ3v) is 2.89. The highest BCUT2D eigenvalue weighted by Gasteiger charge is 2.17. The van der Waals surface area contributed by atoms with Crippen molar-refractivity contribution in [3.8, 4) is 0 Å². The van der Waals surface area contributed by atoms with Crippen molar-refractivity contribution in [2.75, 3.05) is 18.6 Å². The van der Waals surface area contributed by atoms with Crippen LogP contribution in [0.2, 0.25) is 5.02 Å². The molecule has 0 aliphatic rings. The fourth-order valence-corrected chi connectivity index (χ4v) is 1.60. The van der Waals surface area contributed by atoms with Crippen LogP contribution < -0.4 is 10.6 Å². The van der Waals surface area contributed by atoms with Crippen LogP contribution in [0.15, 0.2) is 17.4 Å². The molecule has 0 amide bonds. The minimum atomic E-state index is -0.137. The predicted octanol–water partition coefficient (Wildman–Crippen LogP) is 0.647. The molecule has 1 atom stereocenters. The molecule has 0 saturated carbocycles. The van der Waals surface area contributed by atoms with Gasteiger partial charge in [0, 0.05) is 18.8 Å². The zero-order chi connectivity index (χ0) is 13.0. The first-order valence-corrected chi connectivity index (χ1v) is 5.36. The number of likely N-dealkylation sites (N-methyl/N-ethyl adjacent to an activating group) is 1. The fourth-order valence-electron chi connectivity index (χ4n) is 1.26. The monoisotopic (exact) mass is 258 g/mol. The number of oxime groups is 1. The number of hydrogen-bond donors (Lipinski definition) is 3. The van der Waals surface area contributed by atoms with E-state index in [0.717, 1.165) is 0 Å². The molecule has 1 heterocycles. The smallest absolute Gasteiger partial charge is 0.171 e. The third-order valence-electron chi connectivity index (χ3n) is 2.51. The molecule has 0 spiro atoms. The molecule has 0 saturated heterocycles. The molecule has 6 nitrogen and oxygen atoms in total. The summed E-state index contributed by atoms with van der Waals surface area (Å²) in [6, 6.07) is 1.42. The molecule has 0 bridgehead atoms. The van der Waals surface area contributed by atoms with E-state index < -0.39 is 0 Å². The van der Waals surface area contributed by atoms with Crippen molar-refractivity contribution in [2.24, 2.45) is 10.9 Å². The minimum Gasteiger partial charge on any atom is -0.409 e. The summed E-state index contributed by atoms with van der Waals surface area (Å²) in [5.74, 6) is 0.390. The molecule has 1 rings (SSSR count). The Hall–Kier alpha value is -1.53. The first-order valence-electron chi connectivity index (χ1n) is 4.99.